The monoisotopic (exact) mass is 268 g/mol. The first-order valence-corrected chi connectivity index (χ1v) is 8.01. The summed E-state index contributed by atoms with van der Waals surface area (Å²) in [6.45, 7) is 21.2. The quantitative estimate of drug-likeness (QED) is 0.831. The minimum atomic E-state index is 0.287. The highest BCUT2D eigenvalue weighted by atomic mass is 15.3. The van der Waals surface area contributed by atoms with Crippen molar-refractivity contribution in [2.75, 3.05) is 13.1 Å². The molecule has 0 aliphatic carbocycles. The lowest BCUT2D eigenvalue weighted by atomic mass is 9.79. The Kier molecular flexibility index (Phi) is 5.48. The fraction of sp³-hybridized carbons (Fsp3) is 1.00. The van der Waals surface area contributed by atoms with Crippen LogP contribution in [0.3, 0.4) is 0 Å². The minimum Gasteiger partial charge on any atom is -0.311 e. The Balaban J connectivity index is 2.72. The van der Waals surface area contributed by atoms with E-state index in [2.05, 4.69) is 65.6 Å². The highest BCUT2D eigenvalue weighted by Gasteiger charge is 2.37. The fourth-order valence-electron chi connectivity index (χ4n) is 3.90. The summed E-state index contributed by atoms with van der Waals surface area (Å²) in [7, 11) is 0. The van der Waals surface area contributed by atoms with Crippen LogP contribution in [0.15, 0.2) is 0 Å². The van der Waals surface area contributed by atoms with Crippen molar-refractivity contribution in [3.05, 3.63) is 0 Å². The molecule has 1 saturated heterocycles. The third kappa shape index (κ3) is 5.43. The molecule has 2 heteroatoms. The number of hydrogen-bond acceptors (Lipinski definition) is 2. The molecule has 0 radical (unpaired) electrons. The smallest absolute Gasteiger partial charge is 0.0198 e. The standard InChI is InChI=1S/C17H36N2/c1-13(2)9-15-11-19(14(3)10-18-15)17(7,8)12-16(4,5)6/h13-15,18H,9-12H2,1-8H3. The van der Waals surface area contributed by atoms with E-state index in [0.717, 1.165) is 12.5 Å². The molecule has 114 valence electrons. The first kappa shape index (κ1) is 17.0. The van der Waals surface area contributed by atoms with Crippen LogP contribution in [-0.2, 0) is 0 Å². The van der Waals surface area contributed by atoms with Gasteiger partial charge in [-0.25, -0.2) is 0 Å². The summed E-state index contributed by atoms with van der Waals surface area (Å²) in [4.78, 5) is 2.74. The SMILES string of the molecule is CC(C)CC1CN(C(C)(C)CC(C)(C)C)C(C)CN1. The third-order valence-electron chi connectivity index (χ3n) is 4.15. The molecule has 1 fully saturated rings. The van der Waals surface area contributed by atoms with Gasteiger partial charge in [0.15, 0.2) is 0 Å². The van der Waals surface area contributed by atoms with Crippen LogP contribution in [0.4, 0.5) is 0 Å². The van der Waals surface area contributed by atoms with Crippen LogP contribution in [0.1, 0.15) is 68.2 Å². The van der Waals surface area contributed by atoms with E-state index in [-0.39, 0.29) is 5.54 Å². The summed E-state index contributed by atoms with van der Waals surface area (Å²) in [5, 5.41) is 3.72. The van der Waals surface area contributed by atoms with E-state index in [4.69, 9.17) is 0 Å². The van der Waals surface area contributed by atoms with Crippen LogP contribution in [0.25, 0.3) is 0 Å². The molecule has 1 N–H and O–H groups in total. The summed E-state index contributed by atoms with van der Waals surface area (Å²) < 4.78 is 0. The fourth-order valence-corrected chi connectivity index (χ4v) is 3.90. The Bertz CT molecular complexity index is 275. The van der Waals surface area contributed by atoms with Gasteiger partial charge >= 0.3 is 0 Å². The van der Waals surface area contributed by atoms with Crippen LogP contribution in [0.2, 0.25) is 0 Å². The van der Waals surface area contributed by atoms with Gasteiger partial charge in [0, 0.05) is 30.7 Å². The summed E-state index contributed by atoms with van der Waals surface area (Å²) in [6.07, 6.45) is 2.54. The second-order valence-electron chi connectivity index (χ2n) is 8.79. The van der Waals surface area contributed by atoms with Gasteiger partial charge < -0.3 is 5.32 Å². The number of nitrogens with zero attached hydrogens (tertiary/aromatic N) is 1. The Hall–Kier alpha value is -0.0800. The summed E-state index contributed by atoms with van der Waals surface area (Å²) >= 11 is 0. The Labute approximate surface area is 121 Å². The predicted octanol–water partition coefficient (Wildman–Crippen LogP) is 3.91. The van der Waals surface area contributed by atoms with Crippen LogP contribution in [0, 0.1) is 11.3 Å². The molecule has 2 atom stereocenters. The second-order valence-corrected chi connectivity index (χ2v) is 8.79. The van der Waals surface area contributed by atoms with Gasteiger partial charge in [0.1, 0.15) is 0 Å². The zero-order chi connectivity index (χ0) is 14.8. The van der Waals surface area contributed by atoms with E-state index >= 15 is 0 Å². The van der Waals surface area contributed by atoms with Crippen LogP contribution >= 0.6 is 0 Å². The Morgan fingerprint density at radius 1 is 1.16 bits per heavy atom. The number of rotatable bonds is 4. The second kappa shape index (κ2) is 6.13. The molecular weight excluding hydrogens is 232 g/mol. The van der Waals surface area contributed by atoms with E-state index in [1.54, 1.807) is 0 Å². The van der Waals surface area contributed by atoms with Crippen molar-refractivity contribution in [2.24, 2.45) is 11.3 Å². The van der Waals surface area contributed by atoms with Crippen molar-refractivity contribution in [2.45, 2.75) is 85.9 Å². The van der Waals surface area contributed by atoms with Crippen molar-refractivity contribution in [3.8, 4) is 0 Å². The summed E-state index contributed by atoms with van der Waals surface area (Å²) in [6, 6.07) is 1.30. The van der Waals surface area contributed by atoms with E-state index in [0.29, 0.717) is 17.5 Å². The normalized spacial score (nSPS) is 27.0. The maximum Gasteiger partial charge on any atom is 0.0198 e. The maximum absolute atomic E-state index is 3.72. The van der Waals surface area contributed by atoms with Crippen LogP contribution in [-0.4, -0.2) is 35.6 Å². The van der Waals surface area contributed by atoms with Crippen LogP contribution in [0.5, 0.6) is 0 Å². The van der Waals surface area contributed by atoms with Gasteiger partial charge in [-0.05, 0) is 44.9 Å². The van der Waals surface area contributed by atoms with Gasteiger partial charge in [0.2, 0.25) is 0 Å². The lowest BCUT2D eigenvalue weighted by Gasteiger charge is -2.50. The highest BCUT2D eigenvalue weighted by Crippen LogP contribution is 2.33. The molecule has 2 nitrogen and oxygen atoms in total. The van der Waals surface area contributed by atoms with Crippen molar-refractivity contribution >= 4 is 0 Å². The van der Waals surface area contributed by atoms with Gasteiger partial charge in [-0.15, -0.1) is 0 Å². The first-order chi connectivity index (χ1) is 8.51. The largest absolute Gasteiger partial charge is 0.311 e. The molecular formula is C17H36N2. The molecule has 0 aromatic rings. The average Bonchev–Trinajstić information content (AvgIpc) is 2.16. The predicted molar refractivity (Wildman–Crippen MR) is 85.6 cm³/mol. The van der Waals surface area contributed by atoms with Gasteiger partial charge in [0.25, 0.3) is 0 Å². The molecule has 19 heavy (non-hydrogen) atoms. The number of piperazine rings is 1. The topological polar surface area (TPSA) is 15.3 Å². The zero-order valence-electron chi connectivity index (χ0n) is 14.5. The molecule has 0 spiro atoms. The van der Waals surface area contributed by atoms with Gasteiger partial charge in [-0.2, -0.15) is 0 Å². The molecule has 1 heterocycles. The van der Waals surface area contributed by atoms with E-state index in [1.807, 2.05) is 0 Å². The number of nitrogens with one attached hydrogen (secondary N) is 1. The minimum absolute atomic E-state index is 0.287. The molecule has 1 rings (SSSR count). The van der Waals surface area contributed by atoms with Crippen LogP contribution < -0.4 is 5.32 Å². The lowest BCUT2D eigenvalue weighted by molar-refractivity contribution is 0.0106. The maximum atomic E-state index is 3.72. The van der Waals surface area contributed by atoms with E-state index in [9.17, 15) is 0 Å². The summed E-state index contributed by atoms with van der Waals surface area (Å²) in [5.74, 6) is 0.776. The zero-order valence-corrected chi connectivity index (χ0v) is 14.5. The molecule has 1 aliphatic rings. The molecule has 0 bridgehead atoms. The number of hydrogen-bond donors (Lipinski definition) is 1. The van der Waals surface area contributed by atoms with E-state index in [1.165, 1.54) is 19.4 Å². The van der Waals surface area contributed by atoms with Crippen molar-refractivity contribution in [3.63, 3.8) is 0 Å². The van der Waals surface area contributed by atoms with E-state index < -0.39 is 0 Å². The first-order valence-electron chi connectivity index (χ1n) is 8.01. The Morgan fingerprint density at radius 2 is 1.74 bits per heavy atom. The molecule has 0 amide bonds. The lowest BCUT2D eigenvalue weighted by Crippen LogP contribution is -2.62. The molecule has 0 aromatic heterocycles. The molecule has 0 aromatic carbocycles. The average molecular weight is 268 g/mol. The van der Waals surface area contributed by atoms with Crippen molar-refractivity contribution in [1.29, 1.82) is 0 Å². The molecule has 2 unspecified atom stereocenters. The van der Waals surface area contributed by atoms with Gasteiger partial charge in [-0.3, -0.25) is 4.90 Å². The third-order valence-corrected chi connectivity index (χ3v) is 4.15. The Morgan fingerprint density at radius 3 is 2.21 bits per heavy atom. The van der Waals surface area contributed by atoms with Gasteiger partial charge in [0.05, 0.1) is 0 Å². The van der Waals surface area contributed by atoms with Gasteiger partial charge in [-0.1, -0.05) is 34.6 Å². The highest BCUT2D eigenvalue weighted by molar-refractivity contribution is 4.94. The van der Waals surface area contributed by atoms with Crippen molar-refractivity contribution in [1.82, 2.24) is 10.2 Å². The summed E-state index contributed by atoms with van der Waals surface area (Å²) in [5.41, 5.74) is 0.677. The molecule has 1 aliphatic heterocycles. The molecule has 0 saturated carbocycles. The van der Waals surface area contributed by atoms with Crippen molar-refractivity contribution < 1.29 is 0 Å².